The Morgan fingerprint density at radius 3 is 2.81 bits per heavy atom. The third-order valence-electron chi connectivity index (χ3n) is 4.00. The van der Waals surface area contributed by atoms with Gasteiger partial charge in [0.05, 0.1) is 17.9 Å². The lowest BCUT2D eigenvalue weighted by Gasteiger charge is -2.14. The number of anilines is 1. The van der Waals surface area contributed by atoms with E-state index in [1.54, 1.807) is 11.3 Å². The van der Waals surface area contributed by atoms with Crippen molar-refractivity contribution in [2.24, 2.45) is 0 Å². The first kappa shape index (κ1) is 14.1. The molecule has 21 heavy (non-hydrogen) atoms. The molecule has 0 saturated heterocycles. The molecule has 2 aromatic heterocycles. The van der Waals surface area contributed by atoms with Gasteiger partial charge in [0.1, 0.15) is 0 Å². The number of fused-ring (bicyclic) bond motifs is 1. The van der Waals surface area contributed by atoms with Gasteiger partial charge in [0.25, 0.3) is 0 Å². The van der Waals surface area contributed by atoms with Gasteiger partial charge < -0.3 is 5.32 Å². The average Bonchev–Trinajstić information content (AvgIpc) is 2.97. The first-order valence-corrected chi connectivity index (χ1v) is 8.24. The summed E-state index contributed by atoms with van der Waals surface area (Å²) in [5.41, 5.74) is 7.57. The molecule has 3 nitrogen and oxygen atoms in total. The van der Waals surface area contributed by atoms with E-state index in [1.807, 2.05) is 0 Å². The molecule has 3 aromatic rings. The van der Waals surface area contributed by atoms with E-state index >= 15 is 0 Å². The minimum absolute atomic E-state index is 0.808. The minimum Gasteiger partial charge on any atom is -0.379 e. The van der Waals surface area contributed by atoms with Crippen LogP contribution in [0, 0.1) is 20.8 Å². The molecular weight excluding hydrogens is 278 g/mol. The SMILES string of the molecule is CCc1cccc(C)c1NCc1c(C)nc2scc(C)n12. The predicted molar refractivity (Wildman–Crippen MR) is 90.4 cm³/mol. The third-order valence-corrected chi connectivity index (χ3v) is 4.95. The van der Waals surface area contributed by atoms with Gasteiger partial charge in [-0.05, 0) is 38.3 Å². The van der Waals surface area contributed by atoms with E-state index in [4.69, 9.17) is 0 Å². The van der Waals surface area contributed by atoms with Crippen LogP contribution in [0.1, 0.15) is 35.1 Å². The number of rotatable bonds is 4. The molecule has 3 rings (SSSR count). The van der Waals surface area contributed by atoms with Crippen LogP contribution in [-0.2, 0) is 13.0 Å². The maximum atomic E-state index is 4.65. The van der Waals surface area contributed by atoms with Crippen LogP contribution >= 0.6 is 11.3 Å². The molecule has 0 atom stereocenters. The Bertz CT molecular complexity index is 783. The number of nitrogens with one attached hydrogen (secondary N) is 1. The first-order valence-electron chi connectivity index (χ1n) is 7.36. The zero-order chi connectivity index (χ0) is 15.0. The molecule has 0 saturated carbocycles. The van der Waals surface area contributed by atoms with Crippen LogP contribution in [0.15, 0.2) is 23.6 Å². The fraction of sp³-hybridized carbons (Fsp3) is 0.353. The number of hydrogen-bond acceptors (Lipinski definition) is 3. The topological polar surface area (TPSA) is 29.3 Å². The quantitative estimate of drug-likeness (QED) is 0.769. The fourth-order valence-corrected chi connectivity index (χ4v) is 3.75. The van der Waals surface area contributed by atoms with Gasteiger partial charge in [0, 0.05) is 16.8 Å². The largest absolute Gasteiger partial charge is 0.379 e. The summed E-state index contributed by atoms with van der Waals surface area (Å²) in [6.45, 7) is 9.40. The van der Waals surface area contributed by atoms with Crippen molar-refractivity contribution in [1.82, 2.24) is 9.38 Å². The molecule has 110 valence electrons. The van der Waals surface area contributed by atoms with Gasteiger partial charge in [-0.1, -0.05) is 25.1 Å². The summed E-state index contributed by atoms with van der Waals surface area (Å²) in [7, 11) is 0. The minimum atomic E-state index is 0.808. The Morgan fingerprint density at radius 2 is 2.05 bits per heavy atom. The third kappa shape index (κ3) is 2.44. The summed E-state index contributed by atoms with van der Waals surface area (Å²) in [6.07, 6.45) is 1.04. The predicted octanol–water partition coefficient (Wildman–Crippen LogP) is 4.50. The molecule has 0 aliphatic carbocycles. The Hall–Kier alpha value is -1.81. The molecule has 0 bridgehead atoms. The number of para-hydroxylation sites is 1. The number of benzene rings is 1. The van der Waals surface area contributed by atoms with Crippen molar-refractivity contribution in [1.29, 1.82) is 0 Å². The molecule has 1 aromatic carbocycles. The molecule has 0 amide bonds. The van der Waals surface area contributed by atoms with Crippen LogP contribution in [-0.4, -0.2) is 9.38 Å². The number of hydrogen-bond donors (Lipinski definition) is 1. The van der Waals surface area contributed by atoms with Crippen molar-refractivity contribution in [3.63, 3.8) is 0 Å². The molecule has 1 N–H and O–H groups in total. The van der Waals surface area contributed by atoms with E-state index in [0.717, 1.165) is 23.6 Å². The first-order chi connectivity index (χ1) is 10.1. The van der Waals surface area contributed by atoms with Crippen molar-refractivity contribution in [3.05, 3.63) is 51.8 Å². The molecule has 0 aliphatic heterocycles. The lowest BCUT2D eigenvalue weighted by Crippen LogP contribution is -2.07. The second kappa shape index (κ2) is 5.53. The van der Waals surface area contributed by atoms with E-state index in [2.05, 4.69) is 66.0 Å². The van der Waals surface area contributed by atoms with Gasteiger partial charge >= 0.3 is 0 Å². The van der Waals surface area contributed by atoms with Crippen LogP contribution in [0.2, 0.25) is 0 Å². The van der Waals surface area contributed by atoms with Gasteiger partial charge in [-0.2, -0.15) is 0 Å². The molecule has 0 aliphatic rings. The van der Waals surface area contributed by atoms with Crippen molar-refractivity contribution in [2.75, 3.05) is 5.32 Å². The number of nitrogens with zero attached hydrogens (tertiary/aromatic N) is 2. The lowest BCUT2D eigenvalue weighted by molar-refractivity contribution is 0.959. The van der Waals surface area contributed by atoms with Crippen LogP contribution in [0.5, 0.6) is 0 Å². The molecule has 0 fully saturated rings. The maximum Gasteiger partial charge on any atom is 0.194 e. The summed E-state index contributed by atoms with van der Waals surface area (Å²) >= 11 is 1.71. The standard InChI is InChI=1S/C17H21N3S/c1-5-14-8-6-7-11(2)16(14)18-9-15-13(4)19-17-20(15)12(3)10-21-17/h6-8,10,18H,5,9H2,1-4H3. The highest BCUT2D eigenvalue weighted by Crippen LogP contribution is 2.24. The molecule has 0 radical (unpaired) electrons. The van der Waals surface area contributed by atoms with Gasteiger partial charge in [0.15, 0.2) is 4.96 Å². The number of aromatic nitrogens is 2. The van der Waals surface area contributed by atoms with Crippen LogP contribution in [0.4, 0.5) is 5.69 Å². The van der Waals surface area contributed by atoms with Gasteiger partial charge in [-0.3, -0.25) is 4.40 Å². The second-order valence-corrected chi connectivity index (χ2v) is 6.29. The normalized spacial score (nSPS) is 11.2. The maximum absolute atomic E-state index is 4.65. The van der Waals surface area contributed by atoms with Crippen LogP contribution < -0.4 is 5.32 Å². The average molecular weight is 299 g/mol. The van der Waals surface area contributed by atoms with E-state index in [0.29, 0.717) is 0 Å². The van der Waals surface area contributed by atoms with Gasteiger partial charge in [-0.25, -0.2) is 4.98 Å². The summed E-state index contributed by atoms with van der Waals surface area (Å²) in [5.74, 6) is 0. The molecule has 2 heterocycles. The molecule has 4 heteroatoms. The van der Waals surface area contributed by atoms with E-state index in [-0.39, 0.29) is 0 Å². The summed E-state index contributed by atoms with van der Waals surface area (Å²) < 4.78 is 2.26. The highest BCUT2D eigenvalue weighted by molar-refractivity contribution is 7.15. The Kier molecular flexibility index (Phi) is 3.72. The van der Waals surface area contributed by atoms with Crippen molar-refractivity contribution < 1.29 is 0 Å². The van der Waals surface area contributed by atoms with Crippen LogP contribution in [0.25, 0.3) is 4.96 Å². The number of imidazole rings is 1. The van der Waals surface area contributed by atoms with Crippen molar-refractivity contribution in [2.45, 2.75) is 40.7 Å². The monoisotopic (exact) mass is 299 g/mol. The Balaban J connectivity index is 1.94. The molecule has 0 spiro atoms. The number of aryl methyl sites for hydroxylation is 4. The zero-order valence-corrected chi connectivity index (χ0v) is 13.8. The molecular formula is C17H21N3S. The van der Waals surface area contributed by atoms with E-state index in [9.17, 15) is 0 Å². The highest BCUT2D eigenvalue weighted by atomic mass is 32.1. The number of thiazole rings is 1. The zero-order valence-electron chi connectivity index (χ0n) is 13.0. The highest BCUT2D eigenvalue weighted by Gasteiger charge is 2.13. The molecule has 0 unspecified atom stereocenters. The van der Waals surface area contributed by atoms with Gasteiger partial charge in [0.2, 0.25) is 0 Å². The summed E-state index contributed by atoms with van der Waals surface area (Å²) in [6, 6.07) is 6.49. The smallest absolute Gasteiger partial charge is 0.194 e. The van der Waals surface area contributed by atoms with E-state index < -0.39 is 0 Å². The summed E-state index contributed by atoms with van der Waals surface area (Å²) in [5, 5.41) is 5.79. The lowest BCUT2D eigenvalue weighted by atomic mass is 10.1. The van der Waals surface area contributed by atoms with Gasteiger partial charge in [-0.15, -0.1) is 11.3 Å². The Labute approximate surface area is 129 Å². The van der Waals surface area contributed by atoms with E-state index in [1.165, 1.54) is 28.2 Å². The fourth-order valence-electron chi connectivity index (χ4n) is 2.82. The summed E-state index contributed by atoms with van der Waals surface area (Å²) in [4.78, 5) is 5.74. The van der Waals surface area contributed by atoms with Crippen molar-refractivity contribution >= 4 is 22.0 Å². The Morgan fingerprint density at radius 1 is 1.24 bits per heavy atom. The van der Waals surface area contributed by atoms with Crippen molar-refractivity contribution in [3.8, 4) is 0 Å². The second-order valence-electron chi connectivity index (χ2n) is 5.46. The van der Waals surface area contributed by atoms with Crippen LogP contribution in [0.3, 0.4) is 0 Å².